The fourth-order valence-corrected chi connectivity index (χ4v) is 2.92. The summed E-state index contributed by atoms with van der Waals surface area (Å²) in [5.41, 5.74) is 0.717. The molecule has 2 rings (SSSR count). The molecule has 1 aromatic heterocycles. The first kappa shape index (κ1) is 13.8. The van der Waals surface area contributed by atoms with Crippen molar-refractivity contribution < 1.29 is 14.7 Å². The molecule has 1 aliphatic rings. The van der Waals surface area contributed by atoms with E-state index in [4.69, 9.17) is 5.11 Å². The van der Waals surface area contributed by atoms with E-state index in [9.17, 15) is 9.59 Å². The van der Waals surface area contributed by atoms with Crippen molar-refractivity contribution in [3.8, 4) is 0 Å². The maximum atomic E-state index is 11.3. The maximum absolute atomic E-state index is 11.3. The van der Waals surface area contributed by atoms with E-state index in [0.29, 0.717) is 0 Å². The van der Waals surface area contributed by atoms with E-state index in [-0.39, 0.29) is 17.5 Å². The lowest BCUT2D eigenvalue weighted by atomic mass is 10.3. The molecule has 0 radical (unpaired) electrons. The van der Waals surface area contributed by atoms with E-state index in [1.54, 1.807) is 6.92 Å². The molecule has 0 spiro atoms. The quantitative estimate of drug-likeness (QED) is 0.654. The number of carboxylic acids is 1. The van der Waals surface area contributed by atoms with E-state index in [1.165, 1.54) is 11.3 Å². The summed E-state index contributed by atoms with van der Waals surface area (Å²) in [5.74, 6) is -1.37. The molecule has 1 atom stereocenters. The van der Waals surface area contributed by atoms with Crippen molar-refractivity contribution in [2.75, 3.05) is 0 Å². The number of carboxylic acid groups (broad SMARTS) is 1. The molecule has 6 nitrogen and oxygen atoms in total. The van der Waals surface area contributed by atoms with Gasteiger partial charge in [-0.2, -0.15) is 5.10 Å². The second-order valence-electron chi connectivity index (χ2n) is 3.76. The van der Waals surface area contributed by atoms with Crippen LogP contribution in [0.1, 0.15) is 18.2 Å². The number of nitrogens with zero attached hydrogens (tertiary/aromatic N) is 2. The Kier molecular flexibility index (Phi) is 4.33. The Hall–Kier alpha value is -1.67. The molecule has 0 bridgehead atoms. The number of hydrogen-bond acceptors (Lipinski definition) is 6. The van der Waals surface area contributed by atoms with Crippen molar-refractivity contribution in [1.29, 1.82) is 0 Å². The Balaban J connectivity index is 2.12. The Labute approximate surface area is 117 Å². The van der Waals surface area contributed by atoms with Gasteiger partial charge in [0, 0.05) is 6.42 Å². The Bertz CT molecular complexity index is 552. The first-order valence-electron chi connectivity index (χ1n) is 5.41. The lowest BCUT2D eigenvalue weighted by molar-refractivity contribution is -0.138. The highest BCUT2D eigenvalue weighted by Crippen LogP contribution is 2.21. The number of hydrogen-bond donors (Lipinski definition) is 2. The average molecular weight is 297 g/mol. The molecule has 0 aromatic carbocycles. The van der Waals surface area contributed by atoms with Gasteiger partial charge in [0.05, 0.1) is 10.6 Å². The zero-order chi connectivity index (χ0) is 13.8. The smallest absolute Gasteiger partial charge is 0.317 e. The summed E-state index contributed by atoms with van der Waals surface area (Å²) in [6.07, 6.45) is -0.0490. The van der Waals surface area contributed by atoms with Gasteiger partial charge in [-0.25, -0.2) is 0 Å². The minimum Gasteiger partial charge on any atom is -0.480 e. The van der Waals surface area contributed by atoms with E-state index in [1.807, 2.05) is 17.5 Å². The minimum absolute atomic E-state index is 0.0490. The second-order valence-corrected chi connectivity index (χ2v) is 5.90. The molecule has 1 fully saturated rings. The van der Waals surface area contributed by atoms with Gasteiger partial charge in [-0.05, 0) is 18.4 Å². The molecule has 1 amide bonds. The van der Waals surface area contributed by atoms with Gasteiger partial charge in [-0.3, -0.25) is 9.59 Å². The number of thiophene rings is 1. The fourth-order valence-electron chi connectivity index (χ4n) is 1.38. The molecule has 2 heterocycles. The van der Waals surface area contributed by atoms with Gasteiger partial charge in [0.2, 0.25) is 5.91 Å². The average Bonchev–Trinajstić information content (AvgIpc) is 2.89. The van der Waals surface area contributed by atoms with Gasteiger partial charge in [-0.15, -0.1) is 16.4 Å². The molecule has 0 saturated carbocycles. The lowest BCUT2D eigenvalue weighted by Gasteiger charge is -2.18. The Morgan fingerprint density at radius 3 is 3.00 bits per heavy atom. The molecule has 100 valence electrons. The predicted octanol–water partition coefficient (Wildman–Crippen LogP) is 1.53. The number of carbonyl (C=O) groups is 2. The standard InChI is InChI=1S/C11H11N3O3S2/c1-6(7-3-2-4-18-7)13-14-11-12-9(15)5-8(19-11)10(16)17/h2-4,8H,5H2,1H3,(H,16,17)(H,12,14,15)/b13-6-/t8-/m1/s1. The van der Waals surface area contributed by atoms with Crippen molar-refractivity contribution in [3.05, 3.63) is 22.4 Å². The summed E-state index contributed by atoms with van der Waals surface area (Å²) in [4.78, 5) is 23.2. The second kappa shape index (κ2) is 5.98. The molecule has 0 aliphatic carbocycles. The third-order valence-corrected chi connectivity index (χ3v) is 4.35. The van der Waals surface area contributed by atoms with Crippen LogP contribution >= 0.6 is 23.1 Å². The predicted molar refractivity (Wildman–Crippen MR) is 75.7 cm³/mol. The summed E-state index contributed by atoms with van der Waals surface area (Å²) < 4.78 is 0. The molecule has 8 heteroatoms. The highest BCUT2D eigenvalue weighted by Gasteiger charge is 2.29. The van der Waals surface area contributed by atoms with Crippen LogP contribution in [0.3, 0.4) is 0 Å². The van der Waals surface area contributed by atoms with Gasteiger partial charge in [0.25, 0.3) is 0 Å². The first-order valence-corrected chi connectivity index (χ1v) is 7.17. The number of amides is 1. The number of rotatable bonds is 3. The summed E-state index contributed by atoms with van der Waals surface area (Å²) in [6, 6.07) is 3.82. The van der Waals surface area contributed by atoms with E-state index < -0.39 is 11.2 Å². The van der Waals surface area contributed by atoms with Crippen LogP contribution in [0.15, 0.2) is 27.7 Å². The Morgan fingerprint density at radius 2 is 2.37 bits per heavy atom. The highest BCUT2D eigenvalue weighted by atomic mass is 32.2. The maximum Gasteiger partial charge on any atom is 0.317 e. The zero-order valence-electron chi connectivity index (χ0n) is 9.99. The molecular weight excluding hydrogens is 286 g/mol. The van der Waals surface area contributed by atoms with Crippen LogP contribution in [0, 0.1) is 0 Å². The van der Waals surface area contributed by atoms with Crippen molar-refractivity contribution in [1.82, 2.24) is 5.32 Å². The van der Waals surface area contributed by atoms with Crippen LogP contribution in [0.4, 0.5) is 0 Å². The topological polar surface area (TPSA) is 91.1 Å². The monoisotopic (exact) mass is 297 g/mol. The summed E-state index contributed by atoms with van der Waals surface area (Å²) in [5, 5.41) is 20.7. The van der Waals surface area contributed by atoms with Crippen LogP contribution < -0.4 is 5.32 Å². The molecule has 2 N–H and O–H groups in total. The van der Waals surface area contributed by atoms with Crippen molar-refractivity contribution in [3.63, 3.8) is 0 Å². The summed E-state index contributed by atoms with van der Waals surface area (Å²) >= 11 is 2.53. The SMILES string of the molecule is C/C(=N/N=C1/NC(=O)C[C@H](C(=O)O)S1)c1cccs1. The third-order valence-electron chi connectivity index (χ3n) is 2.32. The van der Waals surface area contributed by atoms with Crippen LogP contribution in [-0.2, 0) is 9.59 Å². The number of carbonyl (C=O) groups excluding carboxylic acids is 1. The lowest BCUT2D eigenvalue weighted by Crippen LogP contribution is -2.40. The zero-order valence-corrected chi connectivity index (χ0v) is 11.6. The molecule has 19 heavy (non-hydrogen) atoms. The minimum atomic E-state index is -1.02. The van der Waals surface area contributed by atoms with Gasteiger partial charge in [0.1, 0.15) is 5.25 Å². The van der Waals surface area contributed by atoms with Crippen LogP contribution in [-0.4, -0.2) is 33.1 Å². The van der Waals surface area contributed by atoms with Gasteiger partial charge >= 0.3 is 5.97 Å². The van der Waals surface area contributed by atoms with E-state index in [0.717, 1.165) is 22.4 Å². The van der Waals surface area contributed by atoms with Crippen LogP contribution in [0.5, 0.6) is 0 Å². The van der Waals surface area contributed by atoms with Crippen LogP contribution in [0.2, 0.25) is 0 Å². The molecule has 1 aliphatic heterocycles. The highest BCUT2D eigenvalue weighted by molar-refractivity contribution is 8.15. The largest absolute Gasteiger partial charge is 0.480 e. The number of amidine groups is 1. The summed E-state index contributed by atoms with van der Waals surface area (Å²) in [7, 11) is 0. The van der Waals surface area contributed by atoms with Gasteiger partial charge in [0.15, 0.2) is 5.17 Å². The number of nitrogens with one attached hydrogen (secondary N) is 1. The van der Waals surface area contributed by atoms with Crippen molar-refractivity contribution >= 4 is 45.9 Å². The van der Waals surface area contributed by atoms with E-state index in [2.05, 4.69) is 15.5 Å². The van der Waals surface area contributed by atoms with Crippen molar-refractivity contribution in [2.45, 2.75) is 18.6 Å². The first-order chi connectivity index (χ1) is 9.06. The Morgan fingerprint density at radius 1 is 1.58 bits per heavy atom. The van der Waals surface area contributed by atoms with Crippen LogP contribution in [0.25, 0.3) is 0 Å². The summed E-state index contributed by atoms with van der Waals surface area (Å²) in [6.45, 7) is 1.81. The molecule has 1 saturated heterocycles. The van der Waals surface area contributed by atoms with Gasteiger partial charge in [-0.1, -0.05) is 17.8 Å². The number of thioether (sulfide) groups is 1. The normalized spacial score (nSPS) is 22.4. The van der Waals surface area contributed by atoms with Crippen molar-refractivity contribution in [2.24, 2.45) is 10.2 Å². The molecule has 0 unspecified atom stereocenters. The van der Waals surface area contributed by atoms with E-state index >= 15 is 0 Å². The fraction of sp³-hybridized carbons (Fsp3) is 0.273. The molecular formula is C11H11N3O3S2. The number of aliphatic carboxylic acids is 1. The third kappa shape index (κ3) is 3.65. The van der Waals surface area contributed by atoms with Gasteiger partial charge < -0.3 is 10.4 Å². The molecule has 1 aromatic rings.